The van der Waals surface area contributed by atoms with Crippen molar-refractivity contribution >= 4 is 17.8 Å². The van der Waals surface area contributed by atoms with Crippen molar-refractivity contribution in [1.29, 1.82) is 0 Å². The summed E-state index contributed by atoms with van der Waals surface area (Å²) in [7, 11) is 0. The van der Waals surface area contributed by atoms with Crippen LogP contribution in [0.1, 0.15) is 22.8 Å². The second kappa shape index (κ2) is 12.8. The number of hydrogen-bond donors (Lipinski definition) is 4. The third-order valence-corrected chi connectivity index (χ3v) is 3.30. The van der Waals surface area contributed by atoms with Gasteiger partial charge in [-0.2, -0.15) is 0 Å². The molecule has 0 aliphatic carbocycles. The zero-order valence-corrected chi connectivity index (χ0v) is 15.4. The second-order valence-corrected chi connectivity index (χ2v) is 5.32. The number of nitrogens with zero attached hydrogens (tertiary/aromatic N) is 1. The van der Waals surface area contributed by atoms with Crippen molar-refractivity contribution in [2.24, 2.45) is 0 Å². The monoisotopic (exact) mass is 389 g/mol. The molecule has 4 N–H and O–H groups in total. The summed E-state index contributed by atoms with van der Waals surface area (Å²) in [5, 5.41) is 20.9. The summed E-state index contributed by atoms with van der Waals surface area (Å²) in [5.41, 5.74) is 1.74. The van der Waals surface area contributed by atoms with Crippen LogP contribution in [-0.2, 0) is 16.1 Å². The highest BCUT2D eigenvalue weighted by atomic mass is 16.5. The molecular formula is C19H23N3O6. The van der Waals surface area contributed by atoms with Crippen LogP contribution in [0, 0.1) is 0 Å². The molecule has 9 heteroatoms. The van der Waals surface area contributed by atoms with Gasteiger partial charge in [0.15, 0.2) is 0 Å². The minimum atomic E-state index is -1.82. The SMILES string of the molecule is CCOc1ccccc1CNCCNC(=O)c1ccncc1.O=C(O)C(=O)O. The van der Waals surface area contributed by atoms with Gasteiger partial charge in [-0.15, -0.1) is 0 Å². The van der Waals surface area contributed by atoms with Gasteiger partial charge in [0.2, 0.25) is 0 Å². The molecule has 1 amide bonds. The Labute approximate surface area is 162 Å². The molecule has 150 valence electrons. The largest absolute Gasteiger partial charge is 0.494 e. The smallest absolute Gasteiger partial charge is 0.414 e. The van der Waals surface area contributed by atoms with Crippen molar-refractivity contribution in [3.63, 3.8) is 0 Å². The molecule has 1 aromatic carbocycles. The molecular weight excluding hydrogens is 366 g/mol. The maximum atomic E-state index is 11.8. The van der Waals surface area contributed by atoms with Gasteiger partial charge in [0.25, 0.3) is 5.91 Å². The summed E-state index contributed by atoms with van der Waals surface area (Å²) in [5.74, 6) is -2.83. The van der Waals surface area contributed by atoms with Crippen LogP contribution >= 0.6 is 0 Å². The lowest BCUT2D eigenvalue weighted by Gasteiger charge is -2.11. The quantitative estimate of drug-likeness (QED) is 0.390. The Hall–Kier alpha value is -3.46. The highest BCUT2D eigenvalue weighted by molar-refractivity contribution is 6.27. The molecule has 1 heterocycles. The van der Waals surface area contributed by atoms with Gasteiger partial charge in [-0.05, 0) is 25.1 Å². The van der Waals surface area contributed by atoms with Gasteiger partial charge in [0.05, 0.1) is 6.61 Å². The molecule has 9 nitrogen and oxygen atoms in total. The Morgan fingerprint density at radius 2 is 1.64 bits per heavy atom. The van der Waals surface area contributed by atoms with E-state index < -0.39 is 11.9 Å². The molecule has 0 aliphatic heterocycles. The normalized spacial score (nSPS) is 9.61. The minimum Gasteiger partial charge on any atom is -0.494 e. The average Bonchev–Trinajstić information content (AvgIpc) is 2.70. The van der Waals surface area contributed by atoms with Gasteiger partial charge in [-0.25, -0.2) is 9.59 Å². The number of carbonyl (C=O) groups is 3. The van der Waals surface area contributed by atoms with Crippen LogP contribution in [0.2, 0.25) is 0 Å². The zero-order chi connectivity index (χ0) is 20.8. The van der Waals surface area contributed by atoms with Gasteiger partial charge in [-0.3, -0.25) is 9.78 Å². The van der Waals surface area contributed by atoms with E-state index in [9.17, 15) is 4.79 Å². The number of aliphatic carboxylic acids is 2. The highest BCUT2D eigenvalue weighted by Gasteiger charge is 2.05. The van der Waals surface area contributed by atoms with Crippen LogP contribution in [0.25, 0.3) is 0 Å². The fraction of sp³-hybridized carbons (Fsp3) is 0.263. The molecule has 0 radical (unpaired) electrons. The fourth-order valence-corrected chi connectivity index (χ4v) is 2.04. The van der Waals surface area contributed by atoms with Crippen LogP contribution in [0.3, 0.4) is 0 Å². The number of carbonyl (C=O) groups excluding carboxylic acids is 1. The zero-order valence-electron chi connectivity index (χ0n) is 15.4. The number of para-hydroxylation sites is 1. The first-order valence-corrected chi connectivity index (χ1v) is 8.51. The molecule has 2 aromatic rings. The molecule has 0 atom stereocenters. The van der Waals surface area contributed by atoms with Gasteiger partial charge < -0.3 is 25.6 Å². The number of pyridine rings is 1. The van der Waals surface area contributed by atoms with E-state index in [0.717, 1.165) is 11.3 Å². The molecule has 1 aromatic heterocycles. The summed E-state index contributed by atoms with van der Waals surface area (Å²) in [6, 6.07) is 11.3. The Balaban J connectivity index is 0.000000568. The lowest BCUT2D eigenvalue weighted by molar-refractivity contribution is -0.159. The third kappa shape index (κ3) is 8.77. The summed E-state index contributed by atoms with van der Waals surface area (Å²) in [6.45, 7) is 4.59. The van der Waals surface area contributed by atoms with E-state index >= 15 is 0 Å². The predicted octanol–water partition coefficient (Wildman–Crippen LogP) is 1.16. The number of benzene rings is 1. The van der Waals surface area contributed by atoms with E-state index in [0.29, 0.717) is 31.8 Å². The summed E-state index contributed by atoms with van der Waals surface area (Å²) >= 11 is 0. The lowest BCUT2D eigenvalue weighted by atomic mass is 10.2. The number of aromatic nitrogens is 1. The lowest BCUT2D eigenvalue weighted by Crippen LogP contribution is -2.31. The van der Waals surface area contributed by atoms with E-state index in [4.69, 9.17) is 24.5 Å². The summed E-state index contributed by atoms with van der Waals surface area (Å²) < 4.78 is 5.57. The molecule has 0 aliphatic rings. The molecule has 0 unspecified atom stereocenters. The van der Waals surface area contributed by atoms with Crippen molar-refractivity contribution in [3.8, 4) is 5.75 Å². The van der Waals surface area contributed by atoms with Crippen LogP contribution in [0.4, 0.5) is 0 Å². The molecule has 28 heavy (non-hydrogen) atoms. The standard InChI is InChI=1S/C17H21N3O2.C2H2O4/c1-2-22-16-6-4-3-5-15(16)13-19-11-12-20-17(21)14-7-9-18-10-8-14;3-1(4)2(5)6/h3-10,19H,2,11-13H2,1H3,(H,20,21);(H,3,4)(H,5,6). The Morgan fingerprint density at radius 1 is 1.00 bits per heavy atom. The van der Waals surface area contributed by atoms with Crippen LogP contribution in [0.15, 0.2) is 48.8 Å². The molecule has 0 spiro atoms. The van der Waals surface area contributed by atoms with Crippen molar-refractivity contribution in [2.45, 2.75) is 13.5 Å². The van der Waals surface area contributed by atoms with Gasteiger partial charge >= 0.3 is 11.9 Å². The van der Waals surface area contributed by atoms with E-state index in [2.05, 4.69) is 15.6 Å². The first kappa shape index (κ1) is 22.6. The van der Waals surface area contributed by atoms with E-state index in [1.54, 1.807) is 24.5 Å². The number of amides is 1. The van der Waals surface area contributed by atoms with Gasteiger partial charge in [0, 0.05) is 43.2 Å². The maximum Gasteiger partial charge on any atom is 0.414 e. The molecule has 0 bridgehead atoms. The number of carboxylic acid groups (broad SMARTS) is 2. The van der Waals surface area contributed by atoms with Crippen LogP contribution in [0.5, 0.6) is 5.75 Å². The third-order valence-electron chi connectivity index (χ3n) is 3.30. The Morgan fingerprint density at radius 3 is 2.25 bits per heavy atom. The highest BCUT2D eigenvalue weighted by Crippen LogP contribution is 2.17. The van der Waals surface area contributed by atoms with Gasteiger partial charge in [0.1, 0.15) is 5.75 Å². The summed E-state index contributed by atoms with van der Waals surface area (Å²) in [6.07, 6.45) is 3.22. The first-order valence-electron chi connectivity index (χ1n) is 8.51. The number of carboxylic acids is 2. The van der Waals surface area contributed by atoms with Crippen molar-refractivity contribution < 1.29 is 29.3 Å². The van der Waals surface area contributed by atoms with Crippen LogP contribution < -0.4 is 15.4 Å². The molecule has 0 saturated carbocycles. The Kier molecular flexibility index (Phi) is 10.3. The van der Waals surface area contributed by atoms with Gasteiger partial charge in [-0.1, -0.05) is 18.2 Å². The van der Waals surface area contributed by atoms with E-state index in [1.165, 1.54) is 0 Å². The van der Waals surface area contributed by atoms with E-state index in [-0.39, 0.29) is 5.91 Å². The number of ether oxygens (including phenoxy) is 1. The number of hydrogen-bond acceptors (Lipinski definition) is 6. The predicted molar refractivity (Wildman–Crippen MR) is 101 cm³/mol. The fourth-order valence-electron chi connectivity index (χ4n) is 2.04. The molecule has 2 rings (SSSR count). The molecule has 0 fully saturated rings. The topological polar surface area (TPSA) is 138 Å². The summed E-state index contributed by atoms with van der Waals surface area (Å²) in [4.78, 5) is 33.9. The van der Waals surface area contributed by atoms with Crippen molar-refractivity contribution in [2.75, 3.05) is 19.7 Å². The van der Waals surface area contributed by atoms with Crippen molar-refractivity contribution in [1.82, 2.24) is 15.6 Å². The Bertz CT molecular complexity index is 755. The van der Waals surface area contributed by atoms with E-state index in [1.807, 2.05) is 31.2 Å². The first-order chi connectivity index (χ1) is 13.5. The number of rotatable bonds is 8. The second-order valence-electron chi connectivity index (χ2n) is 5.32. The average molecular weight is 389 g/mol. The van der Waals surface area contributed by atoms with Crippen molar-refractivity contribution in [3.05, 3.63) is 59.9 Å². The molecule has 0 saturated heterocycles. The van der Waals surface area contributed by atoms with Crippen LogP contribution in [-0.4, -0.2) is 52.7 Å². The number of nitrogens with one attached hydrogen (secondary N) is 2. The maximum absolute atomic E-state index is 11.8. The minimum absolute atomic E-state index is 0.0843.